The molecule has 0 spiro atoms. The normalized spacial score (nSPS) is 10.8. The highest BCUT2D eigenvalue weighted by Crippen LogP contribution is 2.31. The van der Waals surface area contributed by atoms with E-state index in [9.17, 15) is 4.79 Å². The maximum atomic E-state index is 12.7. The van der Waals surface area contributed by atoms with Crippen LogP contribution in [-0.2, 0) is 0 Å². The van der Waals surface area contributed by atoms with Gasteiger partial charge in [0.25, 0.3) is 5.91 Å². The first-order valence-corrected chi connectivity index (χ1v) is 9.07. The molecule has 5 heteroatoms. The Morgan fingerprint density at radius 1 is 1.00 bits per heavy atom. The first-order chi connectivity index (χ1) is 13.5. The van der Waals surface area contributed by atoms with Crippen LogP contribution in [0.5, 0.6) is 5.75 Å². The highest BCUT2D eigenvalue weighted by Gasteiger charge is 2.13. The molecule has 0 atom stereocenters. The van der Waals surface area contributed by atoms with Gasteiger partial charge < -0.3 is 15.0 Å². The third-order valence-corrected chi connectivity index (χ3v) is 4.88. The van der Waals surface area contributed by atoms with Crippen molar-refractivity contribution in [3.8, 4) is 17.1 Å². The minimum atomic E-state index is -0.178. The molecule has 1 amide bonds. The first-order valence-electron chi connectivity index (χ1n) is 9.07. The molecule has 1 aromatic heterocycles. The second kappa shape index (κ2) is 7.19. The Labute approximate surface area is 163 Å². The SMILES string of the molecule is COc1ccc(-c2nc3ccccc3[nH]2)cc1NC(=O)c1ccc(C)c(C)c1. The van der Waals surface area contributed by atoms with Crippen LogP contribution in [0.2, 0.25) is 0 Å². The van der Waals surface area contributed by atoms with E-state index in [0.717, 1.165) is 33.5 Å². The minimum Gasteiger partial charge on any atom is -0.495 e. The van der Waals surface area contributed by atoms with Crippen molar-refractivity contribution in [2.24, 2.45) is 0 Å². The van der Waals surface area contributed by atoms with Gasteiger partial charge in [0.1, 0.15) is 11.6 Å². The predicted molar refractivity (Wildman–Crippen MR) is 112 cm³/mol. The average Bonchev–Trinajstić information content (AvgIpc) is 3.14. The molecule has 4 aromatic rings. The summed E-state index contributed by atoms with van der Waals surface area (Å²) in [5.74, 6) is 1.16. The third-order valence-electron chi connectivity index (χ3n) is 4.88. The van der Waals surface area contributed by atoms with Gasteiger partial charge in [-0.3, -0.25) is 4.79 Å². The lowest BCUT2D eigenvalue weighted by Crippen LogP contribution is -2.13. The number of aryl methyl sites for hydroxylation is 2. The van der Waals surface area contributed by atoms with Crippen LogP contribution >= 0.6 is 0 Å². The van der Waals surface area contributed by atoms with Gasteiger partial charge in [0.15, 0.2) is 0 Å². The lowest BCUT2D eigenvalue weighted by molar-refractivity contribution is 0.102. The quantitative estimate of drug-likeness (QED) is 0.524. The number of ether oxygens (including phenoxy) is 1. The van der Waals surface area contributed by atoms with Gasteiger partial charge in [-0.2, -0.15) is 0 Å². The zero-order valence-electron chi connectivity index (χ0n) is 16.0. The Morgan fingerprint density at radius 3 is 2.57 bits per heavy atom. The molecule has 0 aliphatic heterocycles. The van der Waals surface area contributed by atoms with Gasteiger partial charge in [0.05, 0.1) is 23.8 Å². The number of methoxy groups -OCH3 is 1. The summed E-state index contributed by atoms with van der Waals surface area (Å²) >= 11 is 0. The van der Waals surface area contributed by atoms with Gasteiger partial charge in [-0.05, 0) is 67.4 Å². The number of benzene rings is 3. The standard InChI is InChI=1S/C23H21N3O2/c1-14-8-9-17(12-15(14)2)23(27)26-20-13-16(10-11-21(20)28-3)22-24-18-6-4-5-7-19(18)25-22/h4-13H,1-3H3,(H,24,25)(H,26,27). The summed E-state index contributed by atoms with van der Waals surface area (Å²) in [6.45, 7) is 4.02. The number of aromatic nitrogens is 2. The third kappa shape index (κ3) is 3.34. The summed E-state index contributed by atoms with van der Waals surface area (Å²) in [4.78, 5) is 20.7. The molecule has 0 saturated carbocycles. The van der Waals surface area contributed by atoms with Crippen molar-refractivity contribution < 1.29 is 9.53 Å². The van der Waals surface area contributed by atoms with E-state index in [1.165, 1.54) is 0 Å². The molecule has 0 bridgehead atoms. The molecule has 0 aliphatic rings. The molecule has 5 nitrogen and oxygen atoms in total. The maximum absolute atomic E-state index is 12.7. The number of para-hydroxylation sites is 2. The number of carbonyl (C=O) groups is 1. The van der Waals surface area contributed by atoms with E-state index >= 15 is 0 Å². The number of anilines is 1. The minimum absolute atomic E-state index is 0.178. The van der Waals surface area contributed by atoms with Crippen molar-refractivity contribution in [3.05, 3.63) is 77.4 Å². The van der Waals surface area contributed by atoms with Gasteiger partial charge in [0, 0.05) is 11.1 Å². The van der Waals surface area contributed by atoms with Crippen LogP contribution in [-0.4, -0.2) is 23.0 Å². The Hall–Kier alpha value is -3.60. The van der Waals surface area contributed by atoms with Crippen molar-refractivity contribution in [2.45, 2.75) is 13.8 Å². The molecule has 0 aliphatic carbocycles. The average molecular weight is 371 g/mol. The highest BCUT2D eigenvalue weighted by molar-refractivity contribution is 6.05. The fourth-order valence-corrected chi connectivity index (χ4v) is 3.12. The van der Waals surface area contributed by atoms with Crippen molar-refractivity contribution in [1.82, 2.24) is 9.97 Å². The summed E-state index contributed by atoms with van der Waals surface area (Å²) < 4.78 is 5.43. The summed E-state index contributed by atoms with van der Waals surface area (Å²) in [5.41, 5.74) is 6.18. The van der Waals surface area contributed by atoms with Crippen LogP contribution in [0, 0.1) is 13.8 Å². The molecule has 3 aromatic carbocycles. The number of aromatic amines is 1. The zero-order chi connectivity index (χ0) is 19.7. The molecule has 0 radical (unpaired) electrons. The van der Waals surface area contributed by atoms with E-state index in [1.807, 2.05) is 74.5 Å². The molecule has 140 valence electrons. The van der Waals surface area contributed by atoms with E-state index in [-0.39, 0.29) is 5.91 Å². The van der Waals surface area contributed by atoms with E-state index in [2.05, 4.69) is 15.3 Å². The Kier molecular flexibility index (Phi) is 4.57. The molecule has 28 heavy (non-hydrogen) atoms. The second-order valence-electron chi connectivity index (χ2n) is 6.77. The second-order valence-corrected chi connectivity index (χ2v) is 6.77. The number of rotatable bonds is 4. The molecular weight excluding hydrogens is 350 g/mol. The van der Waals surface area contributed by atoms with E-state index in [4.69, 9.17) is 4.74 Å². The molecule has 0 unspecified atom stereocenters. The van der Waals surface area contributed by atoms with Gasteiger partial charge >= 0.3 is 0 Å². The summed E-state index contributed by atoms with van der Waals surface area (Å²) in [6.07, 6.45) is 0. The number of amides is 1. The van der Waals surface area contributed by atoms with Crippen LogP contribution in [0.25, 0.3) is 22.4 Å². The fraction of sp³-hybridized carbons (Fsp3) is 0.130. The van der Waals surface area contributed by atoms with E-state index in [1.54, 1.807) is 7.11 Å². The van der Waals surface area contributed by atoms with Crippen molar-refractivity contribution in [2.75, 3.05) is 12.4 Å². The number of hydrogen-bond donors (Lipinski definition) is 2. The summed E-state index contributed by atoms with van der Waals surface area (Å²) in [7, 11) is 1.59. The Bertz CT molecular complexity index is 1140. The van der Waals surface area contributed by atoms with Crippen LogP contribution in [0.15, 0.2) is 60.7 Å². The maximum Gasteiger partial charge on any atom is 0.255 e. The van der Waals surface area contributed by atoms with Gasteiger partial charge in [-0.25, -0.2) is 4.98 Å². The lowest BCUT2D eigenvalue weighted by atomic mass is 10.1. The summed E-state index contributed by atoms with van der Waals surface area (Å²) in [6, 6.07) is 19.2. The number of nitrogens with one attached hydrogen (secondary N) is 2. The van der Waals surface area contributed by atoms with Crippen LogP contribution in [0.3, 0.4) is 0 Å². The number of imidazole rings is 1. The monoisotopic (exact) mass is 371 g/mol. The predicted octanol–water partition coefficient (Wildman–Crippen LogP) is 5.11. The van der Waals surface area contributed by atoms with Crippen molar-refractivity contribution in [1.29, 1.82) is 0 Å². The van der Waals surface area contributed by atoms with Gasteiger partial charge in [-0.15, -0.1) is 0 Å². The number of hydrogen-bond acceptors (Lipinski definition) is 3. The topological polar surface area (TPSA) is 67.0 Å². The molecule has 0 fully saturated rings. The molecule has 0 saturated heterocycles. The fourth-order valence-electron chi connectivity index (χ4n) is 3.12. The summed E-state index contributed by atoms with van der Waals surface area (Å²) in [5, 5.41) is 2.96. The highest BCUT2D eigenvalue weighted by atomic mass is 16.5. The smallest absolute Gasteiger partial charge is 0.255 e. The van der Waals surface area contributed by atoms with Gasteiger partial charge in [-0.1, -0.05) is 18.2 Å². The Morgan fingerprint density at radius 2 is 1.82 bits per heavy atom. The molecule has 4 rings (SSSR count). The number of H-pyrrole nitrogens is 1. The first kappa shape index (κ1) is 17.8. The van der Waals surface area contributed by atoms with Crippen LogP contribution in [0.4, 0.5) is 5.69 Å². The molecular formula is C23H21N3O2. The van der Waals surface area contributed by atoms with Crippen molar-refractivity contribution in [3.63, 3.8) is 0 Å². The largest absolute Gasteiger partial charge is 0.495 e. The van der Waals surface area contributed by atoms with Crippen molar-refractivity contribution >= 4 is 22.6 Å². The Balaban J connectivity index is 1.68. The number of carbonyl (C=O) groups excluding carboxylic acids is 1. The number of nitrogens with zero attached hydrogens (tertiary/aromatic N) is 1. The van der Waals surface area contributed by atoms with Gasteiger partial charge in [0.2, 0.25) is 0 Å². The zero-order valence-corrected chi connectivity index (χ0v) is 16.0. The van der Waals surface area contributed by atoms with E-state index in [0.29, 0.717) is 17.0 Å². The number of fused-ring (bicyclic) bond motifs is 1. The van der Waals surface area contributed by atoms with Crippen LogP contribution in [0.1, 0.15) is 21.5 Å². The molecule has 2 N–H and O–H groups in total. The van der Waals surface area contributed by atoms with E-state index < -0.39 is 0 Å². The lowest BCUT2D eigenvalue weighted by Gasteiger charge is -2.12. The molecule has 1 heterocycles. The van der Waals surface area contributed by atoms with Crippen LogP contribution < -0.4 is 10.1 Å².